The summed E-state index contributed by atoms with van der Waals surface area (Å²) in [7, 11) is 0. The summed E-state index contributed by atoms with van der Waals surface area (Å²) in [5.41, 5.74) is 2.16. The Hall–Kier alpha value is -1.84. The Morgan fingerprint density at radius 3 is 2.70 bits per heavy atom. The largest absolute Gasteiger partial charge is 0.440 e. The molecule has 1 atom stereocenters. The molecule has 4 heteroatoms. The minimum atomic E-state index is -0.126. The van der Waals surface area contributed by atoms with Crippen molar-refractivity contribution in [1.82, 2.24) is 4.98 Å². The number of hydrogen-bond acceptors (Lipinski definition) is 3. The fourth-order valence-electron chi connectivity index (χ4n) is 1.78. The van der Waals surface area contributed by atoms with Crippen LogP contribution in [0.5, 0.6) is 0 Å². The van der Waals surface area contributed by atoms with Crippen LogP contribution in [0, 0.1) is 5.92 Å². The molecule has 0 fully saturated rings. The van der Waals surface area contributed by atoms with E-state index in [9.17, 15) is 4.79 Å². The third-order valence-corrected chi connectivity index (χ3v) is 3.36. The van der Waals surface area contributed by atoms with Crippen molar-refractivity contribution in [3.8, 4) is 0 Å². The lowest BCUT2D eigenvalue weighted by atomic mass is 9.97. The number of benzene rings is 1. The first-order valence-electron chi connectivity index (χ1n) is 7.03. The van der Waals surface area contributed by atoms with E-state index in [2.05, 4.69) is 31.1 Å². The van der Waals surface area contributed by atoms with Gasteiger partial charge in [0.05, 0.1) is 0 Å². The zero-order valence-electron chi connectivity index (χ0n) is 12.8. The molecule has 0 radical (unpaired) electrons. The summed E-state index contributed by atoms with van der Waals surface area (Å²) in [6, 6.07) is 5.55. The second-order valence-electron chi connectivity index (χ2n) is 6.25. The van der Waals surface area contributed by atoms with Crippen molar-refractivity contribution in [2.45, 2.75) is 46.5 Å². The zero-order chi connectivity index (χ0) is 14.9. The SMILES string of the molecule is CCC(C)C(=O)Nc1ccc2oc(C(C)(C)C)nc2c1. The Kier molecular flexibility index (Phi) is 3.84. The maximum absolute atomic E-state index is 11.9. The average Bonchev–Trinajstić information content (AvgIpc) is 2.80. The predicted molar refractivity (Wildman–Crippen MR) is 80.8 cm³/mol. The van der Waals surface area contributed by atoms with Crippen molar-refractivity contribution in [2.24, 2.45) is 5.92 Å². The Bertz CT molecular complexity index is 623. The molecule has 0 spiro atoms. The maximum Gasteiger partial charge on any atom is 0.227 e. The zero-order valence-corrected chi connectivity index (χ0v) is 12.8. The van der Waals surface area contributed by atoms with Gasteiger partial charge in [0.25, 0.3) is 0 Å². The molecule has 1 unspecified atom stereocenters. The summed E-state index contributed by atoms with van der Waals surface area (Å²) < 4.78 is 5.74. The number of nitrogens with zero attached hydrogens (tertiary/aromatic N) is 1. The summed E-state index contributed by atoms with van der Waals surface area (Å²) >= 11 is 0. The molecule has 108 valence electrons. The molecule has 1 aromatic heterocycles. The van der Waals surface area contributed by atoms with E-state index in [0.29, 0.717) is 5.89 Å². The molecule has 1 N–H and O–H groups in total. The Morgan fingerprint density at radius 2 is 2.10 bits per heavy atom. The number of aromatic nitrogens is 1. The highest BCUT2D eigenvalue weighted by molar-refractivity contribution is 5.94. The smallest absolute Gasteiger partial charge is 0.227 e. The van der Waals surface area contributed by atoms with Gasteiger partial charge in [-0.3, -0.25) is 4.79 Å². The topological polar surface area (TPSA) is 55.1 Å². The first kappa shape index (κ1) is 14.6. The van der Waals surface area contributed by atoms with Crippen LogP contribution in [-0.2, 0) is 10.2 Å². The van der Waals surface area contributed by atoms with Crippen LogP contribution < -0.4 is 5.32 Å². The van der Waals surface area contributed by atoms with Crippen LogP contribution in [0.15, 0.2) is 22.6 Å². The third-order valence-electron chi connectivity index (χ3n) is 3.36. The third kappa shape index (κ3) is 3.00. The van der Waals surface area contributed by atoms with E-state index in [0.717, 1.165) is 23.2 Å². The highest BCUT2D eigenvalue weighted by atomic mass is 16.3. The van der Waals surface area contributed by atoms with E-state index in [1.807, 2.05) is 32.0 Å². The van der Waals surface area contributed by atoms with Gasteiger partial charge in [-0.2, -0.15) is 0 Å². The van der Waals surface area contributed by atoms with Crippen LogP contribution in [0.2, 0.25) is 0 Å². The number of hydrogen-bond donors (Lipinski definition) is 1. The van der Waals surface area contributed by atoms with Crippen molar-refractivity contribution in [3.05, 3.63) is 24.1 Å². The van der Waals surface area contributed by atoms with Gasteiger partial charge < -0.3 is 9.73 Å². The van der Waals surface area contributed by atoms with E-state index < -0.39 is 0 Å². The maximum atomic E-state index is 11.9. The van der Waals surface area contributed by atoms with Gasteiger partial charge in [0.1, 0.15) is 5.52 Å². The van der Waals surface area contributed by atoms with Gasteiger partial charge in [-0.25, -0.2) is 4.98 Å². The normalized spacial score (nSPS) is 13.4. The fourth-order valence-corrected chi connectivity index (χ4v) is 1.78. The quantitative estimate of drug-likeness (QED) is 0.916. The number of carbonyl (C=O) groups is 1. The van der Waals surface area contributed by atoms with E-state index in [1.165, 1.54) is 0 Å². The molecule has 0 aliphatic rings. The van der Waals surface area contributed by atoms with Crippen LogP contribution in [0.3, 0.4) is 0 Å². The molecule has 2 aromatic rings. The van der Waals surface area contributed by atoms with Crippen LogP contribution in [0.4, 0.5) is 5.69 Å². The molecule has 20 heavy (non-hydrogen) atoms. The van der Waals surface area contributed by atoms with Gasteiger partial charge in [-0.05, 0) is 24.6 Å². The van der Waals surface area contributed by atoms with Gasteiger partial charge in [0.15, 0.2) is 5.58 Å². The lowest BCUT2D eigenvalue weighted by molar-refractivity contribution is -0.119. The molecule has 0 bridgehead atoms. The molecule has 4 nitrogen and oxygen atoms in total. The number of fused-ring (bicyclic) bond motifs is 1. The van der Waals surface area contributed by atoms with E-state index in [1.54, 1.807) is 0 Å². The number of anilines is 1. The highest BCUT2D eigenvalue weighted by Gasteiger charge is 2.21. The van der Waals surface area contributed by atoms with Crippen molar-refractivity contribution in [1.29, 1.82) is 0 Å². The summed E-state index contributed by atoms with van der Waals surface area (Å²) in [5, 5.41) is 2.91. The van der Waals surface area contributed by atoms with Crippen LogP contribution in [-0.4, -0.2) is 10.9 Å². The molecule has 1 heterocycles. The summed E-state index contributed by atoms with van der Waals surface area (Å²) in [6.45, 7) is 10.1. The number of rotatable bonds is 3. The average molecular weight is 274 g/mol. The van der Waals surface area contributed by atoms with E-state index in [4.69, 9.17) is 4.42 Å². The van der Waals surface area contributed by atoms with E-state index >= 15 is 0 Å². The number of amides is 1. The Labute approximate surface area is 119 Å². The van der Waals surface area contributed by atoms with Crippen molar-refractivity contribution >= 4 is 22.7 Å². The van der Waals surface area contributed by atoms with Gasteiger partial charge >= 0.3 is 0 Å². The van der Waals surface area contributed by atoms with Gasteiger partial charge in [-0.15, -0.1) is 0 Å². The molecule has 0 aliphatic heterocycles. The summed E-state index contributed by atoms with van der Waals surface area (Å²) in [6.07, 6.45) is 0.826. The van der Waals surface area contributed by atoms with Crippen LogP contribution >= 0.6 is 0 Å². The molecule has 0 saturated carbocycles. The molecule has 1 amide bonds. The molecule has 0 aliphatic carbocycles. The van der Waals surface area contributed by atoms with Gasteiger partial charge in [0, 0.05) is 17.0 Å². The molecular weight excluding hydrogens is 252 g/mol. The molecular formula is C16H22N2O2. The van der Waals surface area contributed by atoms with Crippen LogP contribution in [0.25, 0.3) is 11.1 Å². The molecule has 2 rings (SSSR count). The highest BCUT2D eigenvalue weighted by Crippen LogP contribution is 2.27. The molecule has 1 aromatic carbocycles. The van der Waals surface area contributed by atoms with Gasteiger partial charge in [-0.1, -0.05) is 34.6 Å². The van der Waals surface area contributed by atoms with Crippen molar-refractivity contribution in [3.63, 3.8) is 0 Å². The van der Waals surface area contributed by atoms with E-state index in [-0.39, 0.29) is 17.2 Å². The molecule has 0 saturated heterocycles. The summed E-state index contributed by atoms with van der Waals surface area (Å²) in [4.78, 5) is 16.4. The lowest BCUT2D eigenvalue weighted by Crippen LogP contribution is -2.19. The second-order valence-corrected chi connectivity index (χ2v) is 6.25. The Balaban J connectivity index is 2.27. The van der Waals surface area contributed by atoms with Gasteiger partial charge in [0.2, 0.25) is 11.8 Å². The standard InChI is InChI=1S/C16H22N2O2/c1-6-10(2)14(19)17-11-7-8-13-12(9-11)18-15(20-13)16(3,4)5/h7-10H,6H2,1-5H3,(H,17,19). The lowest BCUT2D eigenvalue weighted by Gasteiger charge is -2.11. The fraction of sp³-hybridized carbons (Fsp3) is 0.500. The van der Waals surface area contributed by atoms with Crippen molar-refractivity contribution in [2.75, 3.05) is 5.32 Å². The monoisotopic (exact) mass is 274 g/mol. The number of oxazole rings is 1. The minimum absolute atomic E-state index is 0.00754. The van der Waals surface area contributed by atoms with Crippen molar-refractivity contribution < 1.29 is 9.21 Å². The first-order chi connectivity index (χ1) is 9.31. The first-order valence-corrected chi connectivity index (χ1v) is 7.03. The number of carbonyl (C=O) groups excluding carboxylic acids is 1. The van der Waals surface area contributed by atoms with Crippen LogP contribution in [0.1, 0.15) is 46.9 Å². The predicted octanol–water partition coefficient (Wildman–Crippen LogP) is 4.11. The minimum Gasteiger partial charge on any atom is -0.440 e. The Morgan fingerprint density at radius 1 is 1.40 bits per heavy atom. The second kappa shape index (κ2) is 5.27. The number of nitrogens with one attached hydrogen (secondary N) is 1. The summed E-state index contributed by atoms with van der Waals surface area (Å²) in [5.74, 6) is 0.748.